The summed E-state index contributed by atoms with van der Waals surface area (Å²) in [4.78, 5) is 23.4. The van der Waals surface area contributed by atoms with Crippen LogP contribution < -0.4 is 25.1 Å². The van der Waals surface area contributed by atoms with E-state index in [0.29, 0.717) is 61.0 Å². The molecule has 2 aliphatic rings. The first-order valence-corrected chi connectivity index (χ1v) is 11.2. The van der Waals surface area contributed by atoms with Crippen molar-refractivity contribution in [1.29, 1.82) is 0 Å². The molecule has 11 nitrogen and oxygen atoms in total. The maximum atomic E-state index is 12.4. The van der Waals surface area contributed by atoms with Gasteiger partial charge in [-0.25, -0.2) is 4.98 Å². The number of nitrogens with one attached hydrogen (secondary N) is 1. The quantitative estimate of drug-likeness (QED) is 0.485. The first-order valence-electron chi connectivity index (χ1n) is 11.2. The average molecular weight is 526 g/mol. The zero-order chi connectivity index (χ0) is 22.6. The van der Waals surface area contributed by atoms with Gasteiger partial charge in [-0.05, 0) is 32.0 Å². The third-order valence-corrected chi connectivity index (χ3v) is 6.03. The molecule has 13 heteroatoms. The standard InChI is InChI=1S/C22H27N7O4.2ClH/c1-31-19-3-2-17-21(25-19)29(20(30)14-24-17)9-8-28-6-4-15(5-7-28)23-13-16-12-18-22(27-26-16)33-11-10-32-18;;/h2-3,12,14-15,23H,4-11,13H2,1H3;2*1H. The van der Waals surface area contributed by atoms with Crippen LogP contribution in [0.4, 0.5) is 0 Å². The van der Waals surface area contributed by atoms with Crippen molar-refractivity contribution in [2.45, 2.75) is 32.0 Å². The molecule has 0 unspecified atom stereocenters. The number of halogens is 2. The number of aromatic nitrogens is 5. The second-order valence-electron chi connectivity index (χ2n) is 8.14. The minimum Gasteiger partial charge on any atom is -0.484 e. The number of pyridine rings is 1. The molecule has 0 aliphatic carbocycles. The Morgan fingerprint density at radius 3 is 2.71 bits per heavy atom. The molecule has 0 atom stereocenters. The minimum absolute atomic E-state index is 0. The molecule has 3 aromatic rings. The van der Waals surface area contributed by atoms with Crippen molar-refractivity contribution in [3.05, 3.63) is 40.4 Å². The fourth-order valence-corrected chi connectivity index (χ4v) is 4.18. The van der Waals surface area contributed by atoms with Crippen molar-refractivity contribution >= 4 is 36.0 Å². The van der Waals surface area contributed by atoms with E-state index in [9.17, 15) is 4.79 Å². The summed E-state index contributed by atoms with van der Waals surface area (Å²) >= 11 is 0. The van der Waals surface area contributed by atoms with Gasteiger partial charge in [0, 0.05) is 37.8 Å². The van der Waals surface area contributed by atoms with Gasteiger partial charge in [0.05, 0.1) is 19.0 Å². The van der Waals surface area contributed by atoms with Crippen LogP contribution >= 0.6 is 24.8 Å². The Kier molecular flexibility index (Phi) is 9.44. The van der Waals surface area contributed by atoms with E-state index in [1.807, 2.05) is 12.1 Å². The summed E-state index contributed by atoms with van der Waals surface area (Å²) in [5.41, 5.74) is 1.92. The van der Waals surface area contributed by atoms with Gasteiger partial charge >= 0.3 is 0 Å². The van der Waals surface area contributed by atoms with E-state index in [2.05, 4.69) is 30.4 Å². The summed E-state index contributed by atoms with van der Waals surface area (Å²) in [5, 5.41) is 11.9. The number of likely N-dealkylation sites (tertiary alicyclic amines) is 1. The van der Waals surface area contributed by atoms with Gasteiger partial charge in [0.15, 0.2) is 11.4 Å². The number of fused-ring (bicyclic) bond motifs is 2. The summed E-state index contributed by atoms with van der Waals surface area (Å²) in [7, 11) is 1.56. The molecule has 0 spiro atoms. The van der Waals surface area contributed by atoms with Crippen LogP contribution in [-0.2, 0) is 13.1 Å². The lowest BCUT2D eigenvalue weighted by molar-refractivity contribution is 0.161. The third-order valence-electron chi connectivity index (χ3n) is 6.03. The number of hydrogen-bond donors (Lipinski definition) is 1. The highest BCUT2D eigenvalue weighted by molar-refractivity contribution is 5.85. The van der Waals surface area contributed by atoms with Gasteiger partial charge in [0.2, 0.25) is 5.88 Å². The molecule has 190 valence electrons. The summed E-state index contributed by atoms with van der Waals surface area (Å²) in [6.45, 7) is 4.93. The van der Waals surface area contributed by atoms with Crippen molar-refractivity contribution in [3.8, 4) is 17.5 Å². The van der Waals surface area contributed by atoms with E-state index in [0.717, 1.165) is 38.2 Å². The lowest BCUT2D eigenvalue weighted by Gasteiger charge is -2.32. The monoisotopic (exact) mass is 525 g/mol. The van der Waals surface area contributed by atoms with Crippen molar-refractivity contribution in [2.24, 2.45) is 0 Å². The second kappa shape index (κ2) is 12.3. The Bertz CT molecular complexity index is 1190. The Labute approximate surface area is 215 Å². The number of rotatable bonds is 7. The molecule has 1 saturated heterocycles. The van der Waals surface area contributed by atoms with Crippen LogP contribution in [0.2, 0.25) is 0 Å². The van der Waals surface area contributed by atoms with Crippen molar-refractivity contribution in [3.63, 3.8) is 0 Å². The molecule has 0 amide bonds. The fourth-order valence-electron chi connectivity index (χ4n) is 4.18. The molecule has 1 N–H and O–H groups in total. The predicted octanol–water partition coefficient (Wildman–Crippen LogP) is 1.46. The predicted molar refractivity (Wildman–Crippen MR) is 134 cm³/mol. The van der Waals surface area contributed by atoms with E-state index in [4.69, 9.17) is 14.2 Å². The molecule has 5 heterocycles. The van der Waals surface area contributed by atoms with Crippen LogP contribution in [0.1, 0.15) is 18.5 Å². The molecule has 35 heavy (non-hydrogen) atoms. The summed E-state index contributed by atoms with van der Waals surface area (Å²) in [5.74, 6) is 1.60. The van der Waals surface area contributed by atoms with Crippen LogP contribution in [0.15, 0.2) is 29.2 Å². The van der Waals surface area contributed by atoms with E-state index in [1.165, 1.54) is 6.20 Å². The molecule has 2 aliphatic heterocycles. The summed E-state index contributed by atoms with van der Waals surface area (Å²) < 4.78 is 17.9. The zero-order valence-corrected chi connectivity index (χ0v) is 21.0. The molecular weight excluding hydrogens is 497 g/mol. The molecule has 1 fully saturated rings. The number of nitrogens with zero attached hydrogens (tertiary/aromatic N) is 6. The third kappa shape index (κ3) is 6.29. The highest BCUT2D eigenvalue weighted by Gasteiger charge is 2.20. The van der Waals surface area contributed by atoms with Crippen LogP contribution in [0.3, 0.4) is 0 Å². The van der Waals surface area contributed by atoms with Gasteiger partial charge in [-0.2, -0.15) is 10.1 Å². The molecule has 3 aromatic heterocycles. The molecule has 0 aromatic carbocycles. The number of methoxy groups -OCH3 is 1. The van der Waals surface area contributed by atoms with Crippen LogP contribution in [0.5, 0.6) is 17.5 Å². The van der Waals surface area contributed by atoms with Crippen LogP contribution in [0.25, 0.3) is 11.2 Å². The van der Waals surface area contributed by atoms with E-state index in [1.54, 1.807) is 17.7 Å². The van der Waals surface area contributed by atoms with E-state index < -0.39 is 0 Å². The highest BCUT2D eigenvalue weighted by Crippen LogP contribution is 2.26. The van der Waals surface area contributed by atoms with Crippen LogP contribution in [-0.4, -0.2) is 75.6 Å². The summed E-state index contributed by atoms with van der Waals surface area (Å²) in [6.07, 6.45) is 3.40. The first-order chi connectivity index (χ1) is 16.2. The Hall–Kier alpha value is -2.73. The molecule has 5 rings (SSSR count). The Morgan fingerprint density at radius 1 is 1.11 bits per heavy atom. The maximum Gasteiger partial charge on any atom is 0.276 e. The van der Waals surface area contributed by atoms with E-state index >= 15 is 0 Å². The smallest absolute Gasteiger partial charge is 0.276 e. The maximum absolute atomic E-state index is 12.4. The molecule has 0 radical (unpaired) electrons. The van der Waals surface area contributed by atoms with Gasteiger partial charge < -0.3 is 24.4 Å². The average Bonchev–Trinajstić information content (AvgIpc) is 2.87. The Morgan fingerprint density at radius 2 is 1.91 bits per heavy atom. The van der Waals surface area contributed by atoms with Gasteiger partial charge in [0.25, 0.3) is 11.4 Å². The lowest BCUT2D eigenvalue weighted by Crippen LogP contribution is -2.43. The Balaban J connectivity index is 0.00000171. The van der Waals surface area contributed by atoms with Gasteiger partial charge in [-0.1, -0.05) is 0 Å². The molecule has 0 saturated carbocycles. The SMILES string of the molecule is COc1ccc2ncc(=O)n(CCN3CCC(NCc4cc5c(nn4)OCCO5)CC3)c2n1.Cl.Cl. The van der Waals surface area contributed by atoms with Crippen molar-refractivity contribution in [1.82, 2.24) is 34.9 Å². The largest absolute Gasteiger partial charge is 0.484 e. The van der Waals surface area contributed by atoms with Gasteiger partial charge in [-0.3, -0.25) is 9.36 Å². The topological polar surface area (TPSA) is 117 Å². The highest BCUT2D eigenvalue weighted by atomic mass is 35.5. The normalized spacial score (nSPS) is 15.8. The van der Waals surface area contributed by atoms with Gasteiger partial charge in [-0.15, -0.1) is 29.9 Å². The zero-order valence-electron chi connectivity index (χ0n) is 19.4. The van der Waals surface area contributed by atoms with Crippen molar-refractivity contribution in [2.75, 3.05) is 40.0 Å². The van der Waals surface area contributed by atoms with E-state index in [-0.39, 0.29) is 30.4 Å². The van der Waals surface area contributed by atoms with Crippen LogP contribution in [0, 0.1) is 0 Å². The van der Waals surface area contributed by atoms with Crippen molar-refractivity contribution < 1.29 is 14.2 Å². The van der Waals surface area contributed by atoms with Gasteiger partial charge in [0.1, 0.15) is 18.7 Å². The minimum atomic E-state index is -0.152. The number of ether oxygens (including phenoxy) is 3. The molecular formula is C22H29Cl2N7O4. The molecule has 0 bridgehead atoms. The number of hydrogen-bond acceptors (Lipinski definition) is 10. The summed E-state index contributed by atoms with van der Waals surface area (Å²) in [6, 6.07) is 5.87. The lowest BCUT2D eigenvalue weighted by atomic mass is 10.0. The first kappa shape index (κ1) is 26.9. The fraction of sp³-hybridized carbons (Fsp3) is 0.500. The second-order valence-corrected chi connectivity index (χ2v) is 8.14. The number of piperidine rings is 1.